The van der Waals surface area contributed by atoms with Crippen LogP contribution >= 0.6 is 11.8 Å². The van der Waals surface area contributed by atoms with Gasteiger partial charge in [-0.05, 0) is 12.3 Å². The lowest BCUT2D eigenvalue weighted by atomic mass is 10.0. The van der Waals surface area contributed by atoms with Crippen LogP contribution in [-0.2, 0) is 11.3 Å². The monoisotopic (exact) mass is 391 g/mol. The fourth-order valence-corrected chi connectivity index (χ4v) is 3.85. The number of hydrogen-bond donors (Lipinski definition) is 1. The first-order valence-electron chi connectivity index (χ1n) is 8.79. The highest BCUT2D eigenvalue weighted by molar-refractivity contribution is 7.99. The molecule has 28 heavy (non-hydrogen) atoms. The quantitative estimate of drug-likeness (QED) is 0.363. The normalized spacial score (nSPS) is 11.6. The number of rotatable bonds is 5. The second kappa shape index (κ2) is 6.68. The van der Waals surface area contributed by atoms with Crippen LogP contribution in [0.5, 0.6) is 0 Å². The Kier molecular flexibility index (Phi) is 4.01. The molecule has 4 aromatic rings. The van der Waals surface area contributed by atoms with Crippen molar-refractivity contribution in [1.29, 1.82) is 0 Å². The van der Waals surface area contributed by atoms with Crippen LogP contribution in [0.1, 0.15) is 6.92 Å². The van der Waals surface area contributed by atoms with Gasteiger partial charge in [-0.25, -0.2) is 4.98 Å². The van der Waals surface area contributed by atoms with Crippen LogP contribution in [0.4, 0.5) is 5.88 Å². The molecule has 0 aliphatic heterocycles. The molecule has 2 heterocycles. The van der Waals surface area contributed by atoms with Gasteiger partial charge < -0.3 is 0 Å². The molecule has 9 heteroatoms. The van der Waals surface area contributed by atoms with Crippen LogP contribution in [0, 0.1) is 0 Å². The van der Waals surface area contributed by atoms with E-state index in [0.29, 0.717) is 17.6 Å². The SMILES string of the molecule is CC[n+]1cc(NC(=O)CSc2nnc3c(n2)-c2cccc4cccc-3c24)on1. The predicted octanol–water partition coefficient (Wildman–Crippen LogP) is 2.70. The lowest BCUT2D eigenvalue weighted by molar-refractivity contribution is -0.759. The van der Waals surface area contributed by atoms with E-state index in [1.807, 2.05) is 31.2 Å². The average molecular weight is 391 g/mol. The van der Waals surface area contributed by atoms with Gasteiger partial charge in [-0.15, -0.1) is 10.2 Å². The van der Waals surface area contributed by atoms with Crippen LogP contribution in [-0.4, -0.2) is 32.1 Å². The standard InChI is InChI=1S/C19H14N6O2S/c1-2-25-9-15(27-24-25)20-14(26)10-28-19-21-17-12-7-3-5-11-6-4-8-13(16(11)12)18(17)22-23-19/h3-9H,2,10H2,1H3/p+1. The second-order valence-electron chi connectivity index (χ2n) is 6.26. The van der Waals surface area contributed by atoms with Crippen molar-refractivity contribution < 1.29 is 14.0 Å². The van der Waals surface area contributed by atoms with Gasteiger partial charge in [0, 0.05) is 16.5 Å². The zero-order valence-corrected chi connectivity index (χ0v) is 15.7. The van der Waals surface area contributed by atoms with Crippen LogP contribution in [0.25, 0.3) is 33.3 Å². The molecule has 2 aromatic carbocycles. The number of thioether (sulfide) groups is 1. The van der Waals surface area contributed by atoms with E-state index in [9.17, 15) is 4.79 Å². The van der Waals surface area contributed by atoms with Gasteiger partial charge in [0.2, 0.25) is 16.3 Å². The van der Waals surface area contributed by atoms with Gasteiger partial charge in [-0.3, -0.25) is 14.6 Å². The number of carbonyl (C=O) groups excluding carboxylic acids is 1. The maximum absolute atomic E-state index is 12.1. The van der Waals surface area contributed by atoms with Gasteiger partial charge in [0.15, 0.2) is 6.54 Å². The number of anilines is 1. The minimum Gasteiger partial charge on any atom is -0.288 e. The van der Waals surface area contributed by atoms with Crippen LogP contribution in [0.2, 0.25) is 0 Å². The Balaban J connectivity index is 1.35. The molecule has 5 rings (SSSR count). The Hall–Kier alpha value is -3.33. The van der Waals surface area contributed by atoms with Gasteiger partial charge in [0.1, 0.15) is 11.4 Å². The number of aryl methyl sites for hydroxylation is 1. The van der Waals surface area contributed by atoms with E-state index < -0.39 is 0 Å². The van der Waals surface area contributed by atoms with Crippen LogP contribution in [0.3, 0.4) is 0 Å². The first-order chi connectivity index (χ1) is 13.7. The minimum atomic E-state index is -0.223. The van der Waals surface area contributed by atoms with Gasteiger partial charge in [0.05, 0.1) is 5.75 Å². The van der Waals surface area contributed by atoms with Crippen molar-refractivity contribution in [2.45, 2.75) is 18.6 Å². The number of aromatic nitrogens is 5. The summed E-state index contributed by atoms with van der Waals surface area (Å²) in [5.74, 6) is 0.228. The first-order valence-corrected chi connectivity index (χ1v) is 9.78. The van der Waals surface area contributed by atoms with Crippen molar-refractivity contribution >= 4 is 34.3 Å². The largest absolute Gasteiger partial charge is 0.302 e. The Morgan fingerprint density at radius 1 is 1.14 bits per heavy atom. The predicted molar refractivity (Wildman–Crippen MR) is 103 cm³/mol. The smallest absolute Gasteiger partial charge is 0.288 e. The molecule has 1 amide bonds. The molecule has 8 nitrogen and oxygen atoms in total. The molecule has 2 aromatic heterocycles. The molecule has 1 aliphatic rings. The third kappa shape index (κ3) is 2.80. The Morgan fingerprint density at radius 3 is 2.68 bits per heavy atom. The van der Waals surface area contributed by atoms with Gasteiger partial charge in [-0.1, -0.05) is 52.8 Å². The fraction of sp³-hybridized carbons (Fsp3) is 0.158. The van der Waals surface area contributed by atoms with E-state index in [2.05, 4.69) is 37.9 Å². The van der Waals surface area contributed by atoms with E-state index in [1.54, 1.807) is 10.9 Å². The molecule has 1 N–H and O–H groups in total. The van der Waals surface area contributed by atoms with E-state index in [4.69, 9.17) is 4.52 Å². The zero-order chi connectivity index (χ0) is 19.1. The average Bonchev–Trinajstić information content (AvgIpc) is 3.31. The summed E-state index contributed by atoms with van der Waals surface area (Å²) in [6, 6.07) is 12.3. The highest BCUT2D eigenvalue weighted by Gasteiger charge is 2.25. The molecule has 138 valence electrons. The fourth-order valence-electron chi connectivity index (χ4n) is 3.26. The molecule has 0 fully saturated rings. The summed E-state index contributed by atoms with van der Waals surface area (Å²) in [7, 11) is 0. The van der Waals surface area contributed by atoms with Crippen molar-refractivity contribution in [2.75, 3.05) is 11.1 Å². The Bertz CT molecular complexity index is 1220. The Labute approximate surface area is 164 Å². The summed E-state index contributed by atoms with van der Waals surface area (Å²) in [5.41, 5.74) is 3.69. The van der Waals surface area contributed by atoms with Crippen molar-refractivity contribution in [3.63, 3.8) is 0 Å². The summed E-state index contributed by atoms with van der Waals surface area (Å²) < 4.78 is 6.63. The number of carbonyl (C=O) groups is 1. The maximum atomic E-state index is 12.1. The summed E-state index contributed by atoms with van der Waals surface area (Å²) in [5, 5.41) is 17.8. The van der Waals surface area contributed by atoms with E-state index in [1.165, 1.54) is 11.8 Å². The molecule has 1 aliphatic carbocycles. The number of amides is 1. The zero-order valence-electron chi connectivity index (χ0n) is 14.9. The van der Waals surface area contributed by atoms with Crippen LogP contribution in [0.15, 0.2) is 52.3 Å². The van der Waals surface area contributed by atoms with E-state index in [0.717, 1.165) is 33.3 Å². The Morgan fingerprint density at radius 2 is 1.93 bits per heavy atom. The second-order valence-corrected chi connectivity index (χ2v) is 7.20. The summed E-state index contributed by atoms with van der Waals surface area (Å²) in [6.07, 6.45) is 1.63. The van der Waals surface area contributed by atoms with Crippen molar-refractivity contribution in [2.24, 2.45) is 0 Å². The molecular formula is C19H15N6O2S+. The van der Waals surface area contributed by atoms with Gasteiger partial charge >= 0.3 is 5.88 Å². The molecule has 0 radical (unpaired) electrons. The molecule has 0 saturated heterocycles. The van der Waals surface area contributed by atoms with Gasteiger partial charge in [-0.2, -0.15) is 0 Å². The third-order valence-corrected chi connectivity index (χ3v) is 5.35. The third-order valence-electron chi connectivity index (χ3n) is 4.51. The van der Waals surface area contributed by atoms with E-state index in [-0.39, 0.29) is 11.7 Å². The molecule has 0 bridgehead atoms. The topological polar surface area (TPSA) is 97.7 Å². The molecule has 0 spiro atoms. The van der Waals surface area contributed by atoms with Crippen molar-refractivity contribution in [1.82, 2.24) is 20.5 Å². The number of nitrogens with one attached hydrogen (secondary N) is 1. The highest BCUT2D eigenvalue weighted by atomic mass is 32.2. The van der Waals surface area contributed by atoms with Crippen molar-refractivity contribution in [3.8, 4) is 22.5 Å². The number of benzene rings is 2. The number of hydrogen-bond acceptors (Lipinski definition) is 7. The summed E-state index contributed by atoms with van der Waals surface area (Å²) in [4.78, 5) is 16.8. The minimum absolute atomic E-state index is 0.143. The molecule has 0 atom stereocenters. The summed E-state index contributed by atoms with van der Waals surface area (Å²) in [6.45, 7) is 2.60. The first kappa shape index (κ1) is 16.8. The van der Waals surface area contributed by atoms with Crippen LogP contribution < -0.4 is 10.00 Å². The molecule has 0 saturated carbocycles. The molecular weight excluding hydrogens is 376 g/mol. The maximum Gasteiger partial charge on any atom is 0.302 e. The number of nitrogens with zero attached hydrogens (tertiary/aromatic N) is 5. The lowest BCUT2D eigenvalue weighted by Crippen LogP contribution is -2.32. The lowest BCUT2D eigenvalue weighted by Gasteiger charge is -2.03. The van der Waals surface area contributed by atoms with E-state index >= 15 is 0 Å². The van der Waals surface area contributed by atoms with Crippen molar-refractivity contribution in [3.05, 3.63) is 42.6 Å². The molecule has 0 unspecified atom stereocenters. The van der Waals surface area contributed by atoms with Gasteiger partial charge in [0.25, 0.3) is 6.20 Å². The highest BCUT2D eigenvalue weighted by Crippen LogP contribution is 2.44. The number of fused-ring (bicyclic) bond motifs is 3. The summed E-state index contributed by atoms with van der Waals surface area (Å²) >= 11 is 1.23.